The minimum Gasteiger partial charge on any atom is -0.330 e. The number of hydrogen-bond donors (Lipinski definition) is 2. The molecule has 2 heteroatoms. The quantitative estimate of drug-likeness (QED) is 0.592. The molecule has 1 aliphatic carbocycles. The first-order valence-corrected chi connectivity index (χ1v) is 5.57. The van der Waals surface area contributed by atoms with Gasteiger partial charge in [0.25, 0.3) is 0 Å². The van der Waals surface area contributed by atoms with Gasteiger partial charge in [-0.2, -0.15) is 0 Å². The molecule has 13 heavy (non-hydrogen) atoms. The highest BCUT2D eigenvalue weighted by Gasteiger charge is 2.44. The molecule has 1 atom stereocenters. The van der Waals surface area contributed by atoms with Gasteiger partial charge < -0.3 is 11.1 Å². The maximum absolute atomic E-state index is 5.42. The van der Waals surface area contributed by atoms with E-state index in [1.54, 1.807) is 0 Å². The topological polar surface area (TPSA) is 38.0 Å². The third-order valence-corrected chi connectivity index (χ3v) is 3.17. The van der Waals surface area contributed by atoms with E-state index in [1.165, 1.54) is 38.8 Å². The van der Waals surface area contributed by atoms with Gasteiger partial charge in [-0.15, -0.1) is 0 Å². The molecule has 2 nitrogen and oxygen atoms in total. The van der Waals surface area contributed by atoms with Crippen LogP contribution in [0.15, 0.2) is 0 Å². The summed E-state index contributed by atoms with van der Waals surface area (Å²) in [6.07, 6.45) is 5.14. The first kappa shape index (κ1) is 11.0. The fourth-order valence-corrected chi connectivity index (χ4v) is 1.77. The van der Waals surface area contributed by atoms with Crippen molar-refractivity contribution >= 4 is 0 Å². The maximum atomic E-state index is 5.42. The molecule has 1 fully saturated rings. The van der Waals surface area contributed by atoms with E-state index < -0.39 is 0 Å². The predicted octanol–water partition coefficient (Wildman–Crippen LogP) is 1.75. The van der Waals surface area contributed by atoms with Crippen LogP contribution in [0.4, 0.5) is 0 Å². The second-order valence-electron chi connectivity index (χ2n) is 4.94. The molecule has 1 aliphatic rings. The van der Waals surface area contributed by atoms with E-state index in [0.29, 0.717) is 5.41 Å². The second kappa shape index (κ2) is 4.97. The average molecular weight is 184 g/mol. The smallest absolute Gasteiger partial charge is 0.00152 e. The van der Waals surface area contributed by atoms with Crippen molar-refractivity contribution in [2.24, 2.45) is 17.1 Å². The fraction of sp³-hybridized carbons (Fsp3) is 1.00. The number of rotatable bonds is 7. The SMILES string of the molecule is CC1(C)CC1CNCCCCCN. The van der Waals surface area contributed by atoms with Gasteiger partial charge in [0.2, 0.25) is 0 Å². The van der Waals surface area contributed by atoms with Gasteiger partial charge in [0.1, 0.15) is 0 Å². The van der Waals surface area contributed by atoms with Crippen molar-refractivity contribution in [3.63, 3.8) is 0 Å². The predicted molar refractivity (Wildman–Crippen MR) is 57.7 cm³/mol. The Kier molecular flexibility index (Phi) is 4.20. The number of nitrogens with one attached hydrogen (secondary N) is 1. The van der Waals surface area contributed by atoms with Gasteiger partial charge in [0.05, 0.1) is 0 Å². The largest absolute Gasteiger partial charge is 0.330 e. The molecule has 1 unspecified atom stereocenters. The van der Waals surface area contributed by atoms with Crippen LogP contribution in [0.3, 0.4) is 0 Å². The summed E-state index contributed by atoms with van der Waals surface area (Å²) in [4.78, 5) is 0. The van der Waals surface area contributed by atoms with Crippen LogP contribution in [0.25, 0.3) is 0 Å². The summed E-state index contributed by atoms with van der Waals surface area (Å²) in [7, 11) is 0. The van der Waals surface area contributed by atoms with Crippen molar-refractivity contribution in [3.05, 3.63) is 0 Å². The number of nitrogens with two attached hydrogens (primary N) is 1. The highest BCUT2D eigenvalue weighted by atomic mass is 14.9. The molecular formula is C11H24N2. The van der Waals surface area contributed by atoms with Crippen LogP contribution in [0, 0.1) is 11.3 Å². The van der Waals surface area contributed by atoms with Crippen LogP contribution < -0.4 is 11.1 Å². The average Bonchev–Trinajstić information content (AvgIpc) is 2.67. The van der Waals surface area contributed by atoms with Crippen LogP contribution in [-0.4, -0.2) is 19.6 Å². The fourth-order valence-electron chi connectivity index (χ4n) is 1.77. The summed E-state index contributed by atoms with van der Waals surface area (Å²) in [5.74, 6) is 0.932. The molecule has 0 aromatic rings. The summed E-state index contributed by atoms with van der Waals surface area (Å²) >= 11 is 0. The van der Waals surface area contributed by atoms with E-state index in [1.807, 2.05) is 0 Å². The summed E-state index contributed by atoms with van der Waals surface area (Å²) in [5.41, 5.74) is 6.05. The van der Waals surface area contributed by atoms with Gasteiger partial charge in [-0.05, 0) is 50.2 Å². The molecule has 0 bridgehead atoms. The first-order chi connectivity index (χ1) is 6.17. The van der Waals surface area contributed by atoms with E-state index in [-0.39, 0.29) is 0 Å². The molecule has 0 aliphatic heterocycles. The summed E-state index contributed by atoms with van der Waals surface area (Å²) < 4.78 is 0. The molecule has 0 aromatic carbocycles. The summed E-state index contributed by atoms with van der Waals surface area (Å²) in [6, 6.07) is 0. The monoisotopic (exact) mass is 184 g/mol. The van der Waals surface area contributed by atoms with Crippen LogP contribution in [-0.2, 0) is 0 Å². The van der Waals surface area contributed by atoms with Crippen molar-refractivity contribution < 1.29 is 0 Å². The van der Waals surface area contributed by atoms with Crippen LogP contribution in [0.1, 0.15) is 39.5 Å². The Morgan fingerprint density at radius 2 is 2.00 bits per heavy atom. The van der Waals surface area contributed by atoms with Gasteiger partial charge in [0, 0.05) is 0 Å². The molecular weight excluding hydrogens is 160 g/mol. The Balaban J connectivity index is 1.80. The highest BCUT2D eigenvalue weighted by Crippen LogP contribution is 2.50. The van der Waals surface area contributed by atoms with Gasteiger partial charge >= 0.3 is 0 Å². The lowest BCUT2D eigenvalue weighted by molar-refractivity contribution is 0.510. The number of hydrogen-bond acceptors (Lipinski definition) is 2. The zero-order valence-electron chi connectivity index (χ0n) is 9.10. The molecule has 3 N–H and O–H groups in total. The summed E-state index contributed by atoms with van der Waals surface area (Å²) in [5, 5.41) is 3.52. The summed E-state index contributed by atoms with van der Waals surface area (Å²) in [6.45, 7) is 7.94. The minimum absolute atomic E-state index is 0.629. The zero-order valence-corrected chi connectivity index (χ0v) is 9.10. The third kappa shape index (κ3) is 4.10. The molecule has 1 saturated carbocycles. The molecule has 0 saturated heterocycles. The van der Waals surface area contributed by atoms with E-state index >= 15 is 0 Å². The molecule has 0 radical (unpaired) electrons. The van der Waals surface area contributed by atoms with Crippen LogP contribution >= 0.6 is 0 Å². The van der Waals surface area contributed by atoms with E-state index in [2.05, 4.69) is 19.2 Å². The van der Waals surface area contributed by atoms with Crippen molar-refractivity contribution in [2.45, 2.75) is 39.5 Å². The standard InChI is InChI=1S/C11H24N2/c1-11(2)8-10(11)9-13-7-5-3-4-6-12/h10,13H,3-9,12H2,1-2H3. The Labute approximate surface area is 82.3 Å². The Morgan fingerprint density at radius 3 is 2.54 bits per heavy atom. The maximum Gasteiger partial charge on any atom is -0.00152 e. The molecule has 0 aromatic heterocycles. The molecule has 0 heterocycles. The van der Waals surface area contributed by atoms with Gasteiger partial charge in [-0.25, -0.2) is 0 Å². The molecule has 0 spiro atoms. The Morgan fingerprint density at radius 1 is 1.31 bits per heavy atom. The van der Waals surface area contributed by atoms with Crippen molar-refractivity contribution in [2.75, 3.05) is 19.6 Å². The highest BCUT2D eigenvalue weighted by molar-refractivity contribution is 4.95. The lowest BCUT2D eigenvalue weighted by Crippen LogP contribution is -2.19. The van der Waals surface area contributed by atoms with E-state index in [0.717, 1.165) is 12.5 Å². The molecule has 78 valence electrons. The Bertz CT molecular complexity index is 143. The minimum atomic E-state index is 0.629. The van der Waals surface area contributed by atoms with E-state index in [9.17, 15) is 0 Å². The first-order valence-electron chi connectivity index (χ1n) is 5.57. The van der Waals surface area contributed by atoms with Crippen LogP contribution in [0.2, 0.25) is 0 Å². The molecule has 0 amide bonds. The Hall–Kier alpha value is -0.0800. The van der Waals surface area contributed by atoms with Gasteiger partial charge in [-0.3, -0.25) is 0 Å². The second-order valence-corrected chi connectivity index (χ2v) is 4.94. The lowest BCUT2D eigenvalue weighted by atomic mass is 10.1. The lowest BCUT2D eigenvalue weighted by Gasteiger charge is -2.05. The zero-order chi connectivity index (χ0) is 9.73. The van der Waals surface area contributed by atoms with Crippen LogP contribution in [0.5, 0.6) is 0 Å². The molecule has 1 rings (SSSR count). The normalized spacial score (nSPS) is 24.7. The van der Waals surface area contributed by atoms with Crippen molar-refractivity contribution in [3.8, 4) is 0 Å². The van der Waals surface area contributed by atoms with Crippen molar-refractivity contribution in [1.29, 1.82) is 0 Å². The number of unbranched alkanes of at least 4 members (excludes halogenated alkanes) is 2. The van der Waals surface area contributed by atoms with Crippen molar-refractivity contribution in [1.82, 2.24) is 5.32 Å². The van der Waals surface area contributed by atoms with Gasteiger partial charge in [0.15, 0.2) is 0 Å². The third-order valence-electron chi connectivity index (χ3n) is 3.17. The van der Waals surface area contributed by atoms with Gasteiger partial charge in [-0.1, -0.05) is 20.3 Å². The van der Waals surface area contributed by atoms with E-state index in [4.69, 9.17) is 5.73 Å².